The van der Waals surface area contributed by atoms with Gasteiger partial charge in [0.15, 0.2) is 0 Å². The van der Waals surface area contributed by atoms with E-state index in [-0.39, 0.29) is 6.10 Å². The van der Waals surface area contributed by atoms with Crippen LogP contribution in [-0.2, 0) is 0 Å². The van der Waals surface area contributed by atoms with Crippen LogP contribution in [-0.4, -0.2) is 18.2 Å². The number of aliphatic hydroxyl groups excluding tert-OH is 1. The fourth-order valence-electron chi connectivity index (χ4n) is 2.95. The van der Waals surface area contributed by atoms with E-state index in [0.29, 0.717) is 0 Å². The van der Waals surface area contributed by atoms with Crippen molar-refractivity contribution in [2.75, 3.05) is 18.0 Å². The Morgan fingerprint density at radius 2 is 1.95 bits per heavy atom. The molecule has 1 aromatic rings. The molecule has 1 aliphatic rings. The molecule has 106 valence electrons. The SMILES string of the molecule is CCCCCCCN1CCCC(O)c2ccccc21. The Hall–Kier alpha value is -1.02. The van der Waals surface area contributed by atoms with Crippen LogP contribution in [0.4, 0.5) is 5.69 Å². The molecule has 1 atom stereocenters. The van der Waals surface area contributed by atoms with Gasteiger partial charge in [-0.3, -0.25) is 0 Å². The number of para-hydroxylation sites is 1. The molecule has 19 heavy (non-hydrogen) atoms. The van der Waals surface area contributed by atoms with Gasteiger partial charge in [-0.25, -0.2) is 0 Å². The quantitative estimate of drug-likeness (QED) is 0.772. The third-order valence-corrected chi connectivity index (χ3v) is 4.07. The number of hydrogen-bond acceptors (Lipinski definition) is 2. The predicted octanol–water partition coefficient (Wildman–Crippen LogP) is 4.29. The lowest BCUT2D eigenvalue weighted by Crippen LogP contribution is -2.25. The first-order valence-corrected chi connectivity index (χ1v) is 7.85. The Balaban J connectivity index is 1.94. The van der Waals surface area contributed by atoms with Crippen molar-refractivity contribution in [1.29, 1.82) is 0 Å². The highest BCUT2D eigenvalue weighted by Gasteiger charge is 2.20. The smallest absolute Gasteiger partial charge is 0.0810 e. The fraction of sp³-hybridized carbons (Fsp3) is 0.647. The molecule has 0 radical (unpaired) electrons. The summed E-state index contributed by atoms with van der Waals surface area (Å²) in [5.41, 5.74) is 2.37. The first-order chi connectivity index (χ1) is 9.33. The van der Waals surface area contributed by atoms with Gasteiger partial charge in [-0.2, -0.15) is 0 Å². The van der Waals surface area contributed by atoms with Crippen LogP contribution in [0.2, 0.25) is 0 Å². The van der Waals surface area contributed by atoms with E-state index in [1.54, 1.807) is 0 Å². The van der Waals surface area contributed by atoms with Crippen LogP contribution >= 0.6 is 0 Å². The van der Waals surface area contributed by atoms with Gasteiger partial charge in [-0.05, 0) is 25.3 Å². The Labute approximate surface area is 117 Å². The van der Waals surface area contributed by atoms with Crippen LogP contribution < -0.4 is 4.90 Å². The largest absolute Gasteiger partial charge is 0.388 e. The zero-order valence-corrected chi connectivity index (χ0v) is 12.1. The summed E-state index contributed by atoms with van der Waals surface area (Å²) in [6, 6.07) is 8.36. The summed E-state index contributed by atoms with van der Waals surface area (Å²) in [5, 5.41) is 10.2. The van der Waals surface area contributed by atoms with Gasteiger partial charge in [0.25, 0.3) is 0 Å². The van der Waals surface area contributed by atoms with Crippen LogP contribution in [0, 0.1) is 0 Å². The molecular weight excluding hydrogens is 234 g/mol. The lowest BCUT2D eigenvalue weighted by atomic mass is 10.0. The second-order valence-electron chi connectivity index (χ2n) is 5.62. The number of nitrogens with zero attached hydrogens (tertiary/aromatic N) is 1. The summed E-state index contributed by atoms with van der Waals surface area (Å²) in [7, 11) is 0. The van der Waals surface area contributed by atoms with E-state index in [2.05, 4.69) is 30.0 Å². The molecule has 0 saturated carbocycles. The summed E-state index contributed by atoms with van der Waals surface area (Å²) in [6.07, 6.45) is 8.32. The van der Waals surface area contributed by atoms with Gasteiger partial charge >= 0.3 is 0 Å². The van der Waals surface area contributed by atoms with Crippen molar-refractivity contribution < 1.29 is 5.11 Å². The Kier molecular flexibility index (Phi) is 5.71. The average molecular weight is 261 g/mol. The minimum Gasteiger partial charge on any atom is -0.388 e. The van der Waals surface area contributed by atoms with E-state index in [4.69, 9.17) is 0 Å². The molecule has 0 bridgehead atoms. The molecule has 1 N–H and O–H groups in total. The van der Waals surface area contributed by atoms with Crippen molar-refractivity contribution in [2.24, 2.45) is 0 Å². The number of fused-ring (bicyclic) bond motifs is 1. The van der Waals surface area contributed by atoms with Crippen molar-refractivity contribution in [3.63, 3.8) is 0 Å². The highest BCUT2D eigenvalue weighted by Crippen LogP contribution is 2.32. The molecule has 0 aliphatic carbocycles. The maximum Gasteiger partial charge on any atom is 0.0810 e. The van der Waals surface area contributed by atoms with E-state index in [1.807, 2.05) is 6.07 Å². The summed E-state index contributed by atoms with van der Waals surface area (Å²) < 4.78 is 0. The van der Waals surface area contributed by atoms with Crippen molar-refractivity contribution >= 4 is 5.69 Å². The van der Waals surface area contributed by atoms with E-state index < -0.39 is 0 Å². The Morgan fingerprint density at radius 1 is 1.16 bits per heavy atom. The molecule has 0 amide bonds. The highest BCUT2D eigenvalue weighted by molar-refractivity contribution is 5.55. The summed E-state index contributed by atoms with van der Waals surface area (Å²) in [5.74, 6) is 0. The van der Waals surface area contributed by atoms with Crippen LogP contribution in [0.1, 0.15) is 63.5 Å². The van der Waals surface area contributed by atoms with Crippen LogP contribution in [0.5, 0.6) is 0 Å². The third kappa shape index (κ3) is 3.97. The highest BCUT2D eigenvalue weighted by atomic mass is 16.3. The molecule has 0 saturated heterocycles. The predicted molar refractivity (Wildman–Crippen MR) is 81.6 cm³/mol. The first kappa shape index (κ1) is 14.4. The van der Waals surface area contributed by atoms with Gasteiger partial charge in [-0.15, -0.1) is 0 Å². The number of unbranched alkanes of at least 4 members (excludes halogenated alkanes) is 4. The topological polar surface area (TPSA) is 23.5 Å². The maximum atomic E-state index is 10.2. The summed E-state index contributed by atoms with van der Waals surface area (Å²) in [6.45, 7) is 4.47. The standard InChI is InChI=1S/C17H27NO/c1-2-3-4-5-8-13-18-14-9-12-17(19)15-10-6-7-11-16(15)18/h6-7,10-11,17,19H,2-5,8-9,12-14H2,1H3. The van der Waals surface area contributed by atoms with E-state index >= 15 is 0 Å². The van der Waals surface area contributed by atoms with E-state index in [1.165, 1.54) is 37.8 Å². The monoisotopic (exact) mass is 261 g/mol. The van der Waals surface area contributed by atoms with E-state index in [9.17, 15) is 5.11 Å². The number of hydrogen-bond donors (Lipinski definition) is 1. The first-order valence-electron chi connectivity index (χ1n) is 7.85. The summed E-state index contributed by atoms with van der Waals surface area (Å²) in [4.78, 5) is 2.47. The van der Waals surface area contributed by atoms with Crippen molar-refractivity contribution in [1.82, 2.24) is 0 Å². The number of anilines is 1. The lowest BCUT2D eigenvalue weighted by molar-refractivity contribution is 0.168. The molecule has 2 heteroatoms. The fourth-order valence-corrected chi connectivity index (χ4v) is 2.95. The molecule has 1 aliphatic heterocycles. The third-order valence-electron chi connectivity index (χ3n) is 4.07. The van der Waals surface area contributed by atoms with Crippen molar-refractivity contribution in [3.05, 3.63) is 29.8 Å². The maximum absolute atomic E-state index is 10.2. The Morgan fingerprint density at radius 3 is 2.79 bits per heavy atom. The molecular formula is C17H27NO. The van der Waals surface area contributed by atoms with Crippen LogP contribution in [0.25, 0.3) is 0 Å². The van der Waals surface area contributed by atoms with E-state index in [0.717, 1.165) is 31.5 Å². The molecule has 1 heterocycles. The molecule has 0 fully saturated rings. The van der Waals surface area contributed by atoms with Crippen LogP contribution in [0.3, 0.4) is 0 Å². The zero-order valence-electron chi connectivity index (χ0n) is 12.1. The number of rotatable bonds is 6. The molecule has 2 rings (SSSR count). The average Bonchev–Trinajstić information content (AvgIpc) is 2.59. The second-order valence-corrected chi connectivity index (χ2v) is 5.62. The van der Waals surface area contributed by atoms with Gasteiger partial charge in [0, 0.05) is 24.3 Å². The molecule has 0 spiro atoms. The number of aliphatic hydroxyl groups is 1. The zero-order chi connectivity index (χ0) is 13.5. The normalized spacial score (nSPS) is 19.1. The molecule has 0 aromatic heterocycles. The Bertz CT molecular complexity index is 377. The van der Waals surface area contributed by atoms with Gasteiger partial charge in [0.1, 0.15) is 0 Å². The lowest BCUT2D eigenvalue weighted by Gasteiger charge is -2.25. The summed E-state index contributed by atoms with van der Waals surface area (Å²) >= 11 is 0. The minimum atomic E-state index is -0.277. The minimum absolute atomic E-state index is 0.277. The van der Waals surface area contributed by atoms with Crippen molar-refractivity contribution in [2.45, 2.75) is 58.0 Å². The number of benzene rings is 1. The molecule has 1 unspecified atom stereocenters. The second kappa shape index (κ2) is 7.54. The van der Waals surface area contributed by atoms with Gasteiger partial charge in [0.05, 0.1) is 6.10 Å². The van der Waals surface area contributed by atoms with Gasteiger partial charge in [0.2, 0.25) is 0 Å². The van der Waals surface area contributed by atoms with Crippen molar-refractivity contribution in [3.8, 4) is 0 Å². The van der Waals surface area contributed by atoms with Gasteiger partial charge < -0.3 is 10.0 Å². The molecule has 2 nitrogen and oxygen atoms in total. The van der Waals surface area contributed by atoms with Crippen LogP contribution in [0.15, 0.2) is 24.3 Å². The van der Waals surface area contributed by atoms with Gasteiger partial charge in [-0.1, -0.05) is 50.8 Å². The molecule has 1 aromatic carbocycles.